The first-order valence-electron chi connectivity index (χ1n) is 9.16. The Balaban J connectivity index is 0.00000312. The summed E-state index contributed by atoms with van der Waals surface area (Å²) in [5.41, 5.74) is 9.37. The van der Waals surface area contributed by atoms with E-state index in [9.17, 15) is 0 Å². The molecule has 0 radical (unpaired) electrons. The van der Waals surface area contributed by atoms with Gasteiger partial charge in [0.05, 0.1) is 0 Å². The van der Waals surface area contributed by atoms with Crippen molar-refractivity contribution in [3.8, 4) is 11.1 Å². The van der Waals surface area contributed by atoms with Gasteiger partial charge in [0.1, 0.15) is 0 Å². The van der Waals surface area contributed by atoms with Gasteiger partial charge in [0.25, 0.3) is 0 Å². The van der Waals surface area contributed by atoms with Gasteiger partial charge in [-0.1, -0.05) is 54.6 Å². The quantitative estimate of drug-likeness (QED) is 0.501. The lowest BCUT2D eigenvalue weighted by atomic mass is 10.0. The Morgan fingerprint density at radius 2 is 1.20 bits per heavy atom. The minimum Gasteiger partial charge on any atom is -0.330 e. The molecule has 25 heavy (non-hydrogen) atoms. The van der Waals surface area contributed by atoms with Crippen molar-refractivity contribution in [3.05, 3.63) is 60.2 Å². The number of rotatable bonds is 12. The van der Waals surface area contributed by atoms with Gasteiger partial charge in [-0.15, -0.1) is 12.4 Å². The second-order valence-electron chi connectivity index (χ2n) is 6.19. The molecule has 0 fully saturated rings. The number of benzene rings is 2. The number of hydrogen-bond acceptors (Lipinski definition) is 3. The molecule has 0 spiro atoms. The first-order valence-corrected chi connectivity index (χ1v) is 9.16. The fourth-order valence-electron chi connectivity index (χ4n) is 2.70. The zero-order chi connectivity index (χ0) is 16.9. The van der Waals surface area contributed by atoms with Crippen LogP contribution in [0.25, 0.3) is 11.1 Å². The van der Waals surface area contributed by atoms with Gasteiger partial charge in [-0.05, 0) is 68.6 Å². The fraction of sp³-hybridized carbons (Fsp3) is 0.429. The van der Waals surface area contributed by atoms with E-state index < -0.39 is 0 Å². The SMILES string of the molecule is Cl.NCCCCNCCCCNCc1ccc(-c2ccccc2)cc1. The zero-order valence-electron chi connectivity index (χ0n) is 15.0. The Bertz CT molecular complexity index is 543. The Morgan fingerprint density at radius 3 is 1.84 bits per heavy atom. The predicted molar refractivity (Wildman–Crippen MR) is 111 cm³/mol. The van der Waals surface area contributed by atoms with E-state index in [1.807, 2.05) is 0 Å². The van der Waals surface area contributed by atoms with Gasteiger partial charge in [-0.3, -0.25) is 0 Å². The highest BCUT2D eigenvalue weighted by molar-refractivity contribution is 5.85. The monoisotopic (exact) mass is 361 g/mol. The molecule has 0 aromatic heterocycles. The molecule has 2 rings (SSSR count). The summed E-state index contributed by atoms with van der Waals surface area (Å²) >= 11 is 0. The van der Waals surface area contributed by atoms with Crippen molar-refractivity contribution < 1.29 is 0 Å². The number of nitrogens with one attached hydrogen (secondary N) is 2. The predicted octanol–water partition coefficient (Wildman–Crippen LogP) is 3.97. The average Bonchev–Trinajstić information content (AvgIpc) is 2.64. The van der Waals surface area contributed by atoms with E-state index in [1.54, 1.807) is 0 Å². The van der Waals surface area contributed by atoms with E-state index in [4.69, 9.17) is 5.73 Å². The molecule has 4 N–H and O–H groups in total. The molecule has 4 heteroatoms. The summed E-state index contributed by atoms with van der Waals surface area (Å²) in [4.78, 5) is 0. The Morgan fingerprint density at radius 1 is 0.640 bits per heavy atom. The summed E-state index contributed by atoms with van der Waals surface area (Å²) in [5, 5.41) is 7.00. The maximum Gasteiger partial charge on any atom is 0.0205 e. The molecule has 138 valence electrons. The molecule has 0 unspecified atom stereocenters. The Kier molecular flexibility index (Phi) is 12.0. The highest BCUT2D eigenvalue weighted by Crippen LogP contribution is 2.19. The van der Waals surface area contributed by atoms with E-state index in [2.05, 4.69) is 65.2 Å². The van der Waals surface area contributed by atoms with Crippen LogP contribution in [0.5, 0.6) is 0 Å². The Hall–Kier alpha value is -1.39. The van der Waals surface area contributed by atoms with Gasteiger partial charge < -0.3 is 16.4 Å². The zero-order valence-corrected chi connectivity index (χ0v) is 15.9. The molecule has 3 nitrogen and oxygen atoms in total. The van der Waals surface area contributed by atoms with Gasteiger partial charge in [-0.2, -0.15) is 0 Å². The summed E-state index contributed by atoms with van der Waals surface area (Å²) < 4.78 is 0. The lowest BCUT2D eigenvalue weighted by molar-refractivity contribution is 0.568. The largest absolute Gasteiger partial charge is 0.330 e. The average molecular weight is 362 g/mol. The molecule has 0 aliphatic rings. The maximum absolute atomic E-state index is 5.47. The van der Waals surface area contributed by atoms with Crippen LogP contribution < -0.4 is 16.4 Å². The van der Waals surface area contributed by atoms with Crippen LogP contribution in [0.3, 0.4) is 0 Å². The molecular weight excluding hydrogens is 330 g/mol. The van der Waals surface area contributed by atoms with Crippen LogP contribution in [-0.4, -0.2) is 26.2 Å². The number of unbranched alkanes of at least 4 members (excludes halogenated alkanes) is 2. The van der Waals surface area contributed by atoms with Crippen LogP contribution in [-0.2, 0) is 6.54 Å². The second kappa shape index (κ2) is 13.9. The third-order valence-electron chi connectivity index (χ3n) is 4.15. The van der Waals surface area contributed by atoms with Crippen molar-refractivity contribution >= 4 is 12.4 Å². The molecule has 2 aromatic rings. The number of halogens is 1. The Labute approximate surface area is 158 Å². The lowest BCUT2D eigenvalue weighted by Crippen LogP contribution is -2.20. The first-order chi connectivity index (χ1) is 11.9. The summed E-state index contributed by atoms with van der Waals surface area (Å²) in [6.45, 7) is 5.03. The van der Waals surface area contributed by atoms with Crippen LogP contribution in [0.2, 0.25) is 0 Å². The molecule has 0 bridgehead atoms. The van der Waals surface area contributed by atoms with Crippen LogP contribution >= 0.6 is 12.4 Å². The smallest absolute Gasteiger partial charge is 0.0205 e. The van der Waals surface area contributed by atoms with E-state index in [0.29, 0.717) is 0 Å². The van der Waals surface area contributed by atoms with Gasteiger partial charge in [0.15, 0.2) is 0 Å². The third-order valence-corrected chi connectivity index (χ3v) is 4.15. The number of nitrogens with two attached hydrogens (primary N) is 1. The molecule has 0 amide bonds. The number of hydrogen-bond donors (Lipinski definition) is 3. The fourth-order valence-corrected chi connectivity index (χ4v) is 2.70. The minimum atomic E-state index is 0. The van der Waals surface area contributed by atoms with Crippen LogP contribution in [0, 0.1) is 0 Å². The highest BCUT2D eigenvalue weighted by Gasteiger charge is 1.97. The van der Waals surface area contributed by atoms with Crippen molar-refractivity contribution in [3.63, 3.8) is 0 Å². The van der Waals surface area contributed by atoms with Gasteiger partial charge >= 0.3 is 0 Å². The molecule has 0 saturated carbocycles. The minimum absolute atomic E-state index is 0. The summed E-state index contributed by atoms with van der Waals surface area (Å²) in [6.07, 6.45) is 4.75. The third kappa shape index (κ3) is 9.03. The van der Waals surface area contributed by atoms with Gasteiger partial charge in [0, 0.05) is 6.54 Å². The molecule has 0 saturated heterocycles. The highest BCUT2D eigenvalue weighted by atomic mass is 35.5. The summed E-state index contributed by atoms with van der Waals surface area (Å²) in [7, 11) is 0. The van der Waals surface area contributed by atoms with E-state index in [1.165, 1.54) is 36.0 Å². The summed E-state index contributed by atoms with van der Waals surface area (Å²) in [5.74, 6) is 0. The molecular formula is C21H32ClN3. The van der Waals surface area contributed by atoms with Crippen LogP contribution in [0.1, 0.15) is 31.2 Å². The maximum atomic E-state index is 5.47. The lowest BCUT2D eigenvalue weighted by Gasteiger charge is -2.07. The van der Waals surface area contributed by atoms with Crippen LogP contribution in [0.4, 0.5) is 0 Å². The van der Waals surface area contributed by atoms with Crippen molar-refractivity contribution in [1.82, 2.24) is 10.6 Å². The van der Waals surface area contributed by atoms with E-state index in [0.717, 1.165) is 39.1 Å². The molecule has 0 heterocycles. The normalized spacial score (nSPS) is 10.4. The van der Waals surface area contributed by atoms with Gasteiger partial charge in [0.2, 0.25) is 0 Å². The topological polar surface area (TPSA) is 50.1 Å². The van der Waals surface area contributed by atoms with Crippen molar-refractivity contribution in [2.75, 3.05) is 26.2 Å². The van der Waals surface area contributed by atoms with Crippen molar-refractivity contribution in [1.29, 1.82) is 0 Å². The molecule has 2 aromatic carbocycles. The van der Waals surface area contributed by atoms with Gasteiger partial charge in [-0.25, -0.2) is 0 Å². The second-order valence-corrected chi connectivity index (χ2v) is 6.19. The van der Waals surface area contributed by atoms with E-state index >= 15 is 0 Å². The van der Waals surface area contributed by atoms with Crippen LogP contribution in [0.15, 0.2) is 54.6 Å². The van der Waals surface area contributed by atoms with E-state index in [-0.39, 0.29) is 12.4 Å². The molecule has 0 aliphatic heterocycles. The summed E-state index contributed by atoms with van der Waals surface area (Å²) in [6, 6.07) is 19.4. The standard InChI is InChI=1S/C21H31N3.ClH/c22-14-4-5-15-23-16-6-7-17-24-18-19-10-12-21(13-11-19)20-8-2-1-3-9-20;/h1-3,8-13,23-24H,4-7,14-18,22H2;1H. The molecule has 0 atom stereocenters. The first kappa shape index (κ1) is 21.7. The van der Waals surface area contributed by atoms with Crippen molar-refractivity contribution in [2.24, 2.45) is 5.73 Å². The molecule has 0 aliphatic carbocycles. The van der Waals surface area contributed by atoms with Crippen molar-refractivity contribution in [2.45, 2.75) is 32.2 Å².